The van der Waals surface area contributed by atoms with Gasteiger partial charge in [-0.1, -0.05) is 15.9 Å². The van der Waals surface area contributed by atoms with Crippen molar-refractivity contribution in [1.82, 2.24) is 9.78 Å². The number of hydrogen-bond donors (Lipinski definition) is 0. The van der Waals surface area contributed by atoms with E-state index in [4.69, 9.17) is 0 Å². The van der Waals surface area contributed by atoms with Gasteiger partial charge in [0.25, 0.3) is 0 Å². The average Bonchev–Trinajstić information content (AvgIpc) is 2.76. The molecule has 11 heavy (non-hydrogen) atoms. The maximum Gasteiger partial charge on any atom is 0.0732 e. The van der Waals surface area contributed by atoms with Crippen LogP contribution in [0.25, 0.3) is 0 Å². The standard InChI is InChI=1S/C8H11BrN2/c1-11-8(6-2-3-6)4-7(5-9)10-11/h4,6H,2-3,5H2,1H3. The van der Waals surface area contributed by atoms with Crippen molar-refractivity contribution in [3.63, 3.8) is 0 Å². The van der Waals surface area contributed by atoms with Crippen LogP contribution in [-0.2, 0) is 12.4 Å². The minimum absolute atomic E-state index is 0.806. The summed E-state index contributed by atoms with van der Waals surface area (Å²) in [7, 11) is 2.03. The molecule has 1 aliphatic carbocycles. The SMILES string of the molecule is Cn1nc(CBr)cc1C1CC1. The Bertz CT molecular complexity index is 263. The van der Waals surface area contributed by atoms with Gasteiger partial charge in [-0.25, -0.2) is 0 Å². The van der Waals surface area contributed by atoms with Crippen LogP contribution < -0.4 is 0 Å². The average molecular weight is 215 g/mol. The number of aromatic nitrogens is 2. The maximum atomic E-state index is 4.36. The van der Waals surface area contributed by atoms with Gasteiger partial charge in [-0.3, -0.25) is 4.68 Å². The molecular weight excluding hydrogens is 204 g/mol. The van der Waals surface area contributed by atoms with Crippen LogP contribution in [0.4, 0.5) is 0 Å². The van der Waals surface area contributed by atoms with Crippen molar-refractivity contribution in [2.45, 2.75) is 24.1 Å². The predicted octanol–water partition coefficient (Wildman–Crippen LogP) is 2.19. The molecule has 0 aliphatic heterocycles. The summed E-state index contributed by atoms with van der Waals surface area (Å²) in [5.74, 6) is 0.806. The molecule has 2 rings (SSSR count). The summed E-state index contributed by atoms with van der Waals surface area (Å²) >= 11 is 3.40. The zero-order chi connectivity index (χ0) is 7.84. The minimum atomic E-state index is 0.806. The van der Waals surface area contributed by atoms with Gasteiger partial charge in [-0.05, 0) is 18.9 Å². The first-order valence-corrected chi connectivity index (χ1v) is 5.02. The first-order valence-electron chi connectivity index (χ1n) is 3.90. The van der Waals surface area contributed by atoms with Crippen LogP contribution in [0.1, 0.15) is 30.1 Å². The van der Waals surface area contributed by atoms with E-state index in [0.29, 0.717) is 0 Å². The topological polar surface area (TPSA) is 17.8 Å². The molecule has 0 spiro atoms. The normalized spacial score (nSPS) is 17.3. The first kappa shape index (κ1) is 7.35. The van der Waals surface area contributed by atoms with Gasteiger partial charge >= 0.3 is 0 Å². The Kier molecular flexibility index (Phi) is 1.75. The van der Waals surface area contributed by atoms with Gasteiger partial charge in [0.15, 0.2) is 0 Å². The fourth-order valence-corrected chi connectivity index (χ4v) is 1.64. The molecule has 0 N–H and O–H groups in total. The zero-order valence-corrected chi connectivity index (χ0v) is 8.13. The van der Waals surface area contributed by atoms with Gasteiger partial charge in [0.1, 0.15) is 0 Å². The van der Waals surface area contributed by atoms with Gasteiger partial charge in [0.05, 0.1) is 5.69 Å². The van der Waals surface area contributed by atoms with E-state index in [1.54, 1.807) is 0 Å². The van der Waals surface area contributed by atoms with Gasteiger partial charge in [-0.15, -0.1) is 0 Å². The van der Waals surface area contributed by atoms with Crippen molar-refractivity contribution in [1.29, 1.82) is 0 Å². The molecule has 1 saturated carbocycles. The lowest BCUT2D eigenvalue weighted by Gasteiger charge is -1.95. The number of alkyl halides is 1. The van der Waals surface area contributed by atoms with Crippen LogP contribution in [0, 0.1) is 0 Å². The van der Waals surface area contributed by atoms with Crippen molar-refractivity contribution in [2.24, 2.45) is 7.05 Å². The Morgan fingerprint density at radius 1 is 1.73 bits per heavy atom. The molecule has 0 bridgehead atoms. The van der Waals surface area contributed by atoms with E-state index in [1.807, 2.05) is 11.7 Å². The fraction of sp³-hybridized carbons (Fsp3) is 0.625. The quantitative estimate of drug-likeness (QED) is 0.691. The lowest BCUT2D eigenvalue weighted by atomic mass is 10.3. The summed E-state index contributed by atoms with van der Waals surface area (Å²) in [4.78, 5) is 0. The number of nitrogens with zero attached hydrogens (tertiary/aromatic N) is 2. The largest absolute Gasteiger partial charge is 0.272 e. The van der Waals surface area contributed by atoms with Crippen molar-refractivity contribution < 1.29 is 0 Å². The third-order valence-corrected chi connectivity index (χ3v) is 2.67. The molecule has 3 heteroatoms. The van der Waals surface area contributed by atoms with Crippen LogP contribution in [0.2, 0.25) is 0 Å². The van der Waals surface area contributed by atoms with Crippen LogP contribution >= 0.6 is 15.9 Å². The molecule has 1 heterocycles. The van der Waals surface area contributed by atoms with E-state index in [1.165, 1.54) is 18.5 Å². The number of halogens is 1. The van der Waals surface area contributed by atoms with Crippen molar-refractivity contribution >= 4 is 15.9 Å². The highest BCUT2D eigenvalue weighted by Gasteiger charge is 2.26. The molecule has 1 aliphatic rings. The molecule has 60 valence electrons. The second-order valence-electron chi connectivity index (χ2n) is 3.09. The highest BCUT2D eigenvalue weighted by molar-refractivity contribution is 9.08. The molecule has 1 aromatic rings. The van der Waals surface area contributed by atoms with E-state index < -0.39 is 0 Å². The molecule has 0 amide bonds. The second-order valence-corrected chi connectivity index (χ2v) is 3.65. The van der Waals surface area contributed by atoms with Crippen molar-refractivity contribution in [3.05, 3.63) is 17.5 Å². The fourth-order valence-electron chi connectivity index (χ4n) is 1.37. The lowest BCUT2D eigenvalue weighted by Crippen LogP contribution is -1.95. The van der Waals surface area contributed by atoms with Gasteiger partial charge in [-0.2, -0.15) is 5.10 Å². The summed E-state index contributed by atoms with van der Waals surface area (Å²) in [5, 5.41) is 5.23. The Morgan fingerprint density at radius 3 is 2.91 bits per heavy atom. The Hall–Kier alpha value is -0.310. The van der Waals surface area contributed by atoms with Crippen LogP contribution in [-0.4, -0.2) is 9.78 Å². The molecule has 0 radical (unpaired) electrons. The smallest absolute Gasteiger partial charge is 0.0732 e. The molecule has 1 fully saturated rings. The third kappa shape index (κ3) is 1.34. The molecule has 1 aromatic heterocycles. The Labute approximate surface area is 74.7 Å². The zero-order valence-electron chi connectivity index (χ0n) is 6.55. The monoisotopic (exact) mass is 214 g/mol. The summed E-state index contributed by atoms with van der Waals surface area (Å²) in [6, 6.07) is 2.20. The van der Waals surface area contributed by atoms with E-state index in [2.05, 4.69) is 27.1 Å². The summed E-state index contributed by atoms with van der Waals surface area (Å²) in [6.45, 7) is 0. The van der Waals surface area contributed by atoms with Gasteiger partial charge < -0.3 is 0 Å². The first-order chi connectivity index (χ1) is 5.31. The molecule has 0 atom stereocenters. The van der Waals surface area contributed by atoms with Gasteiger partial charge in [0.2, 0.25) is 0 Å². The third-order valence-electron chi connectivity index (χ3n) is 2.10. The minimum Gasteiger partial charge on any atom is -0.272 e. The van der Waals surface area contributed by atoms with Crippen LogP contribution in [0.5, 0.6) is 0 Å². The Morgan fingerprint density at radius 2 is 2.45 bits per heavy atom. The molecule has 2 nitrogen and oxygen atoms in total. The summed E-state index contributed by atoms with van der Waals surface area (Å²) < 4.78 is 2.01. The predicted molar refractivity (Wildman–Crippen MR) is 47.8 cm³/mol. The van der Waals surface area contributed by atoms with Crippen LogP contribution in [0.15, 0.2) is 6.07 Å². The highest BCUT2D eigenvalue weighted by Crippen LogP contribution is 2.39. The van der Waals surface area contributed by atoms with Crippen LogP contribution in [0.3, 0.4) is 0 Å². The maximum absolute atomic E-state index is 4.36. The lowest BCUT2D eigenvalue weighted by molar-refractivity contribution is 0.706. The van der Waals surface area contributed by atoms with E-state index >= 15 is 0 Å². The Balaban J connectivity index is 2.30. The summed E-state index contributed by atoms with van der Waals surface area (Å²) in [6.07, 6.45) is 2.70. The molecule has 0 unspecified atom stereocenters. The molecular formula is C8H11BrN2. The number of aryl methyl sites for hydroxylation is 1. The van der Waals surface area contributed by atoms with E-state index in [0.717, 1.165) is 16.9 Å². The van der Waals surface area contributed by atoms with Crippen molar-refractivity contribution in [3.8, 4) is 0 Å². The van der Waals surface area contributed by atoms with E-state index in [-0.39, 0.29) is 0 Å². The number of rotatable bonds is 2. The van der Waals surface area contributed by atoms with E-state index in [9.17, 15) is 0 Å². The van der Waals surface area contributed by atoms with Crippen molar-refractivity contribution in [2.75, 3.05) is 0 Å². The molecule has 0 aromatic carbocycles. The summed E-state index contributed by atoms with van der Waals surface area (Å²) in [5.41, 5.74) is 2.55. The number of hydrogen-bond acceptors (Lipinski definition) is 1. The van der Waals surface area contributed by atoms with Gasteiger partial charge in [0, 0.05) is 24.0 Å². The molecule has 0 saturated heterocycles. The highest BCUT2D eigenvalue weighted by atomic mass is 79.9. The second kappa shape index (κ2) is 2.63.